The summed E-state index contributed by atoms with van der Waals surface area (Å²) >= 11 is 0. The molecule has 17 heavy (non-hydrogen) atoms. The Hall–Kier alpha value is -2.30. The molecule has 5 heteroatoms. The quantitative estimate of drug-likeness (QED) is 0.874. The number of methoxy groups -OCH3 is 1. The van der Waals surface area contributed by atoms with Crippen LogP contribution in [0.1, 0.15) is 10.4 Å². The summed E-state index contributed by atoms with van der Waals surface area (Å²) < 4.78 is 6.69. The molecule has 1 amide bonds. The van der Waals surface area contributed by atoms with Crippen LogP contribution in [0.5, 0.6) is 5.75 Å². The number of anilines is 1. The van der Waals surface area contributed by atoms with Gasteiger partial charge in [0.15, 0.2) is 5.82 Å². The highest BCUT2D eigenvalue weighted by Gasteiger charge is 2.08. The Labute approximate surface area is 99.0 Å². The molecule has 2 aromatic rings. The largest absolute Gasteiger partial charge is 0.497 e. The first-order valence-electron chi connectivity index (χ1n) is 5.14. The Morgan fingerprint density at radius 2 is 2.24 bits per heavy atom. The SMILES string of the molecule is COc1cccc(C(=O)Nc2ccn(C)n2)c1. The summed E-state index contributed by atoms with van der Waals surface area (Å²) in [5, 5.41) is 6.78. The van der Waals surface area contributed by atoms with Crippen LogP contribution in [0, 0.1) is 0 Å². The van der Waals surface area contributed by atoms with Crippen LogP contribution in [0.15, 0.2) is 36.5 Å². The Balaban J connectivity index is 2.14. The number of amides is 1. The number of nitrogens with zero attached hydrogens (tertiary/aromatic N) is 2. The van der Waals surface area contributed by atoms with Gasteiger partial charge in [0.25, 0.3) is 5.91 Å². The third-order valence-electron chi connectivity index (χ3n) is 2.29. The number of carbonyl (C=O) groups excluding carboxylic acids is 1. The molecule has 2 rings (SSSR count). The molecule has 1 aromatic heterocycles. The molecule has 0 aliphatic carbocycles. The first kappa shape index (κ1) is 11.2. The highest BCUT2D eigenvalue weighted by Crippen LogP contribution is 2.13. The molecule has 0 atom stereocenters. The second-order valence-electron chi connectivity index (χ2n) is 3.56. The van der Waals surface area contributed by atoms with Crippen molar-refractivity contribution in [2.75, 3.05) is 12.4 Å². The summed E-state index contributed by atoms with van der Waals surface area (Å²) in [5.74, 6) is 0.974. The maximum absolute atomic E-state index is 11.9. The van der Waals surface area contributed by atoms with Crippen molar-refractivity contribution in [3.05, 3.63) is 42.1 Å². The third-order valence-corrected chi connectivity index (χ3v) is 2.29. The van der Waals surface area contributed by atoms with Gasteiger partial charge in [-0.15, -0.1) is 0 Å². The third kappa shape index (κ3) is 2.63. The molecule has 0 bridgehead atoms. The van der Waals surface area contributed by atoms with E-state index < -0.39 is 0 Å². The smallest absolute Gasteiger partial charge is 0.256 e. The van der Waals surface area contributed by atoms with E-state index in [1.165, 1.54) is 0 Å². The van der Waals surface area contributed by atoms with Gasteiger partial charge in [-0.3, -0.25) is 9.48 Å². The zero-order chi connectivity index (χ0) is 12.3. The van der Waals surface area contributed by atoms with Crippen molar-refractivity contribution in [1.29, 1.82) is 0 Å². The Morgan fingerprint density at radius 3 is 2.88 bits per heavy atom. The number of ether oxygens (including phenoxy) is 1. The second-order valence-corrected chi connectivity index (χ2v) is 3.56. The highest BCUT2D eigenvalue weighted by atomic mass is 16.5. The van der Waals surface area contributed by atoms with Gasteiger partial charge in [-0.1, -0.05) is 6.07 Å². The van der Waals surface area contributed by atoms with Crippen LogP contribution >= 0.6 is 0 Å². The predicted octanol–water partition coefficient (Wildman–Crippen LogP) is 1.68. The summed E-state index contributed by atoms with van der Waals surface area (Å²) in [6, 6.07) is 8.70. The monoisotopic (exact) mass is 231 g/mol. The number of rotatable bonds is 3. The maximum Gasteiger partial charge on any atom is 0.256 e. The van der Waals surface area contributed by atoms with Crippen molar-refractivity contribution in [3.63, 3.8) is 0 Å². The Bertz CT molecular complexity index is 534. The van der Waals surface area contributed by atoms with E-state index in [9.17, 15) is 4.79 Å². The molecule has 0 aliphatic heterocycles. The van der Waals surface area contributed by atoms with E-state index in [1.807, 2.05) is 0 Å². The van der Waals surface area contributed by atoms with Gasteiger partial charge in [-0.05, 0) is 18.2 Å². The van der Waals surface area contributed by atoms with Gasteiger partial charge in [-0.25, -0.2) is 0 Å². The number of benzene rings is 1. The van der Waals surface area contributed by atoms with Crippen LogP contribution in [-0.4, -0.2) is 22.8 Å². The summed E-state index contributed by atoms with van der Waals surface area (Å²) in [6.07, 6.45) is 1.77. The molecule has 0 radical (unpaired) electrons. The van der Waals surface area contributed by atoms with Gasteiger partial charge in [0.2, 0.25) is 0 Å². The van der Waals surface area contributed by atoms with Crippen LogP contribution in [0.2, 0.25) is 0 Å². The number of aryl methyl sites for hydroxylation is 1. The van der Waals surface area contributed by atoms with E-state index >= 15 is 0 Å². The van der Waals surface area contributed by atoms with Crippen molar-refractivity contribution in [1.82, 2.24) is 9.78 Å². The number of aromatic nitrogens is 2. The van der Waals surface area contributed by atoms with Crippen LogP contribution in [0.3, 0.4) is 0 Å². The molecular weight excluding hydrogens is 218 g/mol. The van der Waals surface area contributed by atoms with E-state index in [-0.39, 0.29) is 5.91 Å². The molecule has 1 aromatic carbocycles. The fourth-order valence-corrected chi connectivity index (χ4v) is 1.43. The molecule has 0 aliphatic rings. The van der Waals surface area contributed by atoms with Gasteiger partial charge in [-0.2, -0.15) is 5.10 Å². The van der Waals surface area contributed by atoms with E-state index in [1.54, 1.807) is 55.4 Å². The molecule has 5 nitrogen and oxygen atoms in total. The molecule has 1 heterocycles. The Morgan fingerprint density at radius 1 is 1.41 bits per heavy atom. The van der Waals surface area contributed by atoms with Gasteiger partial charge < -0.3 is 10.1 Å². The van der Waals surface area contributed by atoms with Crippen molar-refractivity contribution in [3.8, 4) is 5.75 Å². The lowest BCUT2D eigenvalue weighted by Gasteiger charge is -2.04. The average molecular weight is 231 g/mol. The summed E-state index contributed by atoms with van der Waals surface area (Å²) in [7, 11) is 3.36. The lowest BCUT2D eigenvalue weighted by molar-refractivity contribution is 0.102. The van der Waals surface area contributed by atoms with Crippen LogP contribution in [-0.2, 0) is 7.05 Å². The van der Waals surface area contributed by atoms with Crippen molar-refractivity contribution < 1.29 is 9.53 Å². The van der Waals surface area contributed by atoms with E-state index in [0.29, 0.717) is 17.1 Å². The van der Waals surface area contributed by atoms with Gasteiger partial charge in [0.05, 0.1) is 7.11 Å². The van der Waals surface area contributed by atoms with Gasteiger partial charge in [0.1, 0.15) is 5.75 Å². The predicted molar refractivity (Wildman–Crippen MR) is 64.2 cm³/mol. The highest BCUT2D eigenvalue weighted by molar-refractivity contribution is 6.03. The zero-order valence-electron chi connectivity index (χ0n) is 9.68. The first-order valence-corrected chi connectivity index (χ1v) is 5.14. The summed E-state index contributed by atoms with van der Waals surface area (Å²) in [5.41, 5.74) is 0.537. The normalized spacial score (nSPS) is 10.0. The molecule has 88 valence electrons. The first-order chi connectivity index (χ1) is 8.19. The standard InChI is InChI=1S/C12H13N3O2/c1-15-7-6-11(14-15)13-12(16)9-4-3-5-10(8-9)17-2/h3-8H,1-2H3,(H,13,14,16). The molecule has 1 N–H and O–H groups in total. The van der Waals surface area contributed by atoms with E-state index in [2.05, 4.69) is 10.4 Å². The lowest BCUT2D eigenvalue weighted by atomic mass is 10.2. The Kier molecular flexibility index (Phi) is 3.09. The van der Waals surface area contributed by atoms with Crippen LogP contribution in [0.4, 0.5) is 5.82 Å². The van der Waals surface area contributed by atoms with E-state index in [4.69, 9.17) is 4.74 Å². The van der Waals surface area contributed by atoms with Crippen LogP contribution < -0.4 is 10.1 Å². The average Bonchev–Trinajstić information content (AvgIpc) is 2.75. The fraction of sp³-hybridized carbons (Fsp3) is 0.167. The molecule has 0 saturated heterocycles. The minimum atomic E-state index is -0.206. The molecule has 0 spiro atoms. The molecule has 0 fully saturated rings. The van der Waals surface area contributed by atoms with Crippen molar-refractivity contribution >= 4 is 11.7 Å². The van der Waals surface area contributed by atoms with Gasteiger partial charge in [0, 0.05) is 24.9 Å². The topological polar surface area (TPSA) is 56.1 Å². The number of hydrogen-bond donors (Lipinski definition) is 1. The van der Waals surface area contributed by atoms with Crippen molar-refractivity contribution in [2.24, 2.45) is 7.05 Å². The number of nitrogens with one attached hydrogen (secondary N) is 1. The molecular formula is C12H13N3O2. The molecule has 0 unspecified atom stereocenters. The fourth-order valence-electron chi connectivity index (χ4n) is 1.43. The second kappa shape index (κ2) is 4.69. The number of hydrogen-bond acceptors (Lipinski definition) is 3. The summed E-state index contributed by atoms with van der Waals surface area (Å²) in [6.45, 7) is 0. The van der Waals surface area contributed by atoms with Crippen molar-refractivity contribution in [2.45, 2.75) is 0 Å². The van der Waals surface area contributed by atoms with E-state index in [0.717, 1.165) is 0 Å². The minimum absolute atomic E-state index is 0.206. The number of carbonyl (C=O) groups is 1. The lowest BCUT2D eigenvalue weighted by Crippen LogP contribution is -2.12. The zero-order valence-corrected chi connectivity index (χ0v) is 9.68. The van der Waals surface area contributed by atoms with Crippen LogP contribution in [0.25, 0.3) is 0 Å². The van der Waals surface area contributed by atoms with Gasteiger partial charge >= 0.3 is 0 Å². The molecule has 0 saturated carbocycles. The maximum atomic E-state index is 11.9. The minimum Gasteiger partial charge on any atom is -0.497 e. The summed E-state index contributed by atoms with van der Waals surface area (Å²) in [4.78, 5) is 11.9.